The van der Waals surface area contributed by atoms with E-state index in [4.69, 9.17) is 5.73 Å². The summed E-state index contributed by atoms with van der Waals surface area (Å²) < 4.78 is 0. The van der Waals surface area contributed by atoms with Gasteiger partial charge in [0.2, 0.25) is 11.8 Å². The lowest BCUT2D eigenvalue weighted by Gasteiger charge is -2.14. The lowest BCUT2D eigenvalue weighted by molar-refractivity contribution is -0.138. The fourth-order valence-corrected chi connectivity index (χ4v) is 2.07. The predicted octanol–water partition coefficient (Wildman–Crippen LogP) is 0.624. The summed E-state index contributed by atoms with van der Waals surface area (Å²) in [7, 11) is 0. The first kappa shape index (κ1) is 11.8. The molecule has 1 aliphatic heterocycles. The third kappa shape index (κ3) is 2.36. The van der Waals surface area contributed by atoms with Gasteiger partial charge in [0.15, 0.2) is 0 Å². The average Bonchev–Trinajstić information content (AvgIpc) is 2.53. The number of rotatable bonds is 3. The number of hydrogen-bond acceptors (Lipinski definition) is 3. The Morgan fingerprint density at radius 2 is 2.06 bits per heavy atom. The van der Waals surface area contributed by atoms with Crippen molar-refractivity contribution in [2.24, 2.45) is 5.73 Å². The molecule has 2 amide bonds. The highest BCUT2D eigenvalue weighted by atomic mass is 16.2. The van der Waals surface area contributed by atoms with Gasteiger partial charge in [-0.1, -0.05) is 24.3 Å². The fraction of sp³-hybridized carbons (Fsp3) is 0.385. The number of hydrogen-bond donors (Lipinski definition) is 1. The highest BCUT2D eigenvalue weighted by Crippen LogP contribution is 2.14. The highest BCUT2D eigenvalue weighted by molar-refractivity contribution is 6.05. The van der Waals surface area contributed by atoms with E-state index in [1.54, 1.807) is 0 Å². The van der Waals surface area contributed by atoms with Gasteiger partial charge in [0.05, 0.1) is 12.5 Å². The molecular weight excluding hydrogens is 216 g/mol. The summed E-state index contributed by atoms with van der Waals surface area (Å²) in [6.45, 7) is 2.45. The summed E-state index contributed by atoms with van der Waals surface area (Å²) >= 11 is 0. The van der Waals surface area contributed by atoms with Crippen LogP contribution in [0.15, 0.2) is 24.3 Å². The summed E-state index contributed by atoms with van der Waals surface area (Å²) in [4.78, 5) is 24.4. The smallest absolute Gasteiger partial charge is 0.246 e. The zero-order valence-corrected chi connectivity index (χ0v) is 9.85. The zero-order valence-electron chi connectivity index (χ0n) is 9.85. The quantitative estimate of drug-likeness (QED) is 0.777. The summed E-state index contributed by atoms with van der Waals surface area (Å²) in [5, 5.41) is 0. The molecule has 0 aliphatic carbocycles. The van der Waals surface area contributed by atoms with Crippen LogP contribution in [-0.2, 0) is 16.0 Å². The van der Waals surface area contributed by atoms with Gasteiger partial charge >= 0.3 is 0 Å². The van der Waals surface area contributed by atoms with Crippen LogP contribution in [0.25, 0.3) is 0 Å². The Kier molecular flexibility index (Phi) is 3.24. The first-order chi connectivity index (χ1) is 8.09. The molecule has 17 heavy (non-hydrogen) atoms. The Hall–Kier alpha value is -1.68. The Morgan fingerprint density at radius 1 is 1.35 bits per heavy atom. The van der Waals surface area contributed by atoms with Gasteiger partial charge in [0, 0.05) is 6.54 Å². The minimum atomic E-state index is -0.639. The fourth-order valence-electron chi connectivity index (χ4n) is 2.07. The van der Waals surface area contributed by atoms with Crippen LogP contribution in [0, 0.1) is 6.92 Å². The summed E-state index contributed by atoms with van der Waals surface area (Å²) in [6, 6.07) is 7.33. The van der Waals surface area contributed by atoms with Gasteiger partial charge in [-0.3, -0.25) is 14.5 Å². The van der Waals surface area contributed by atoms with Gasteiger partial charge < -0.3 is 5.73 Å². The van der Waals surface area contributed by atoms with Crippen molar-refractivity contribution in [2.45, 2.75) is 25.8 Å². The molecule has 1 aliphatic rings. The second-order valence-electron chi connectivity index (χ2n) is 4.37. The topological polar surface area (TPSA) is 63.4 Å². The van der Waals surface area contributed by atoms with Crippen LogP contribution in [-0.4, -0.2) is 29.3 Å². The SMILES string of the molecule is Cc1ccccc1CCN1C(=O)CC(N)C1=O. The van der Waals surface area contributed by atoms with Crippen molar-refractivity contribution in [1.29, 1.82) is 0 Å². The maximum Gasteiger partial charge on any atom is 0.246 e. The maximum absolute atomic E-state index is 11.6. The van der Waals surface area contributed by atoms with E-state index in [1.165, 1.54) is 10.5 Å². The maximum atomic E-state index is 11.6. The summed E-state index contributed by atoms with van der Waals surface area (Å²) in [5.41, 5.74) is 7.88. The number of likely N-dealkylation sites (tertiary alicyclic amines) is 1. The Labute approximate surface area is 100 Å². The Balaban J connectivity index is 2.02. The number of imide groups is 1. The molecule has 90 valence electrons. The molecule has 2 rings (SSSR count). The molecule has 0 radical (unpaired) electrons. The van der Waals surface area contributed by atoms with Crippen LogP contribution < -0.4 is 5.73 Å². The Morgan fingerprint density at radius 3 is 2.65 bits per heavy atom. The second kappa shape index (κ2) is 4.67. The molecule has 2 N–H and O–H groups in total. The Bertz CT molecular complexity index is 456. The molecule has 1 fully saturated rings. The van der Waals surface area contributed by atoms with Crippen molar-refractivity contribution < 1.29 is 9.59 Å². The molecule has 4 heteroatoms. The van der Waals surface area contributed by atoms with Crippen LogP contribution in [0.2, 0.25) is 0 Å². The normalized spacial score (nSPS) is 20.1. The van der Waals surface area contributed by atoms with Gasteiger partial charge in [-0.25, -0.2) is 0 Å². The number of benzene rings is 1. The lowest BCUT2D eigenvalue weighted by atomic mass is 10.1. The van der Waals surface area contributed by atoms with Gasteiger partial charge in [0.1, 0.15) is 0 Å². The van der Waals surface area contributed by atoms with Crippen LogP contribution in [0.4, 0.5) is 0 Å². The van der Waals surface area contributed by atoms with Crippen LogP contribution in [0.5, 0.6) is 0 Å². The molecule has 1 unspecified atom stereocenters. The van der Waals surface area contributed by atoms with E-state index in [9.17, 15) is 9.59 Å². The van der Waals surface area contributed by atoms with E-state index in [-0.39, 0.29) is 18.2 Å². The molecule has 1 atom stereocenters. The van der Waals surface area contributed by atoms with Crippen LogP contribution in [0.3, 0.4) is 0 Å². The molecule has 0 bridgehead atoms. The minimum Gasteiger partial charge on any atom is -0.319 e. The van der Waals surface area contributed by atoms with Crippen molar-refractivity contribution in [2.75, 3.05) is 6.54 Å². The van der Waals surface area contributed by atoms with Crippen molar-refractivity contribution in [1.82, 2.24) is 4.90 Å². The van der Waals surface area contributed by atoms with E-state index in [0.717, 1.165) is 5.56 Å². The van der Waals surface area contributed by atoms with Crippen LogP contribution in [0.1, 0.15) is 17.5 Å². The molecule has 4 nitrogen and oxygen atoms in total. The largest absolute Gasteiger partial charge is 0.319 e. The van der Waals surface area contributed by atoms with Gasteiger partial charge in [-0.15, -0.1) is 0 Å². The predicted molar refractivity (Wildman–Crippen MR) is 64.2 cm³/mol. The molecule has 0 spiro atoms. The number of nitrogens with two attached hydrogens (primary N) is 1. The van der Waals surface area contributed by atoms with Crippen molar-refractivity contribution in [3.8, 4) is 0 Å². The third-order valence-corrected chi connectivity index (χ3v) is 3.14. The number of carbonyl (C=O) groups is 2. The number of aryl methyl sites for hydroxylation is 1. The first-order valence-electron chi connectivity index (χ1n) is 5.74. The van der Waals surface area contributed by atoms with Gasteiger partial charge in [-0.05, 0) is 24.5 Å². The average molecular weight is 232 g/mol. The van der Waals surface area contributed by atoms with E-state index >= 15 is 0 Å². The van der Waals surface area contributed by atoms with Crippen molar-refractivity contribution in [3.05, 3.63) is 35.4 Å². The molecule has 1 aromatic rings. The van der Waals surface area contributed by atoms with E-state index in [0.29, 0.717) is 13.0 Å². The number of amides is 2. The van der Waals surface area contributed by atoms with Crippen molar-refractivity contribution in [3.63, 3.8) is 0 Å². The van der Waals surface area contributed by atoms with Gasteiger partial charge in [0.25, 0.3) is 0 Å². The minimum absolute atomic E-state index is 0.145. The monoisotopic (exact) mass is 232 g/mol. The standard InChI is InChI=1S/C13H16N2O2/c1-9-4-2-3-5-10(9)6-7-15-12(16)8-11(14)13(15)17/h2-5,11H,6-8,14H2,1H3. The third-order valence-electron chi connectivity index (χ3n) is 3.14. The van der Waals surface area contributed by atoms with Crippen LogP contribution >= 0.6 is 0 Å². The molecular formula is C13H16N2O2. The highest BCUT2D eigenvalue weighted by Gasteiger charge is 2.35. The van der Waals surface area contributed by atoms with E-state index < -0.39 is 6.04 Å². The summed E-state index contributed by atoms with van der Waals surface area (Å²) in [6.07, 6.45) is 0.837. The molecule has 1 aromatic carbocycles. The number of nitrogens with zero attached hydrogens (tertiary/aromatic N) is 1. The van der Waals surface area contributed by atoms with E-state index in [1.807, 2.05) is 31.2 Å². The van der Waals surface area contributed by atoms with E-state index in [2.05, 4.69) is 0 Å². The molecule has 1 saturated heterocycles. The lowest BCUT2D eigenvalue weighted by Crippen LogP contribution is -2.36. The summed E-state index contributed by atoms with van der Waals surface area (Å²) in [5.74, 6) is -0.403. The van der Waals surface area contributed by atoms with Gasteiger partial charge in [-0.2, -0.15) is 0 Å². The zero-order chi connectivity index (χ0) is 12.4. The molecule has 0 saturated carbocycles. The van der Waals surface area contributed by atoms with Crippen molar-refractivity contribution >= 4 is 11.8 Å². The molecule has 1 heterocycles. The number of carbonyl (C=O) groups excluding carboxylic acids is 2. The first-order valence-corrected chi connectivity index (χ1v) is 5.74. The molecule has 0 aromatic heterocycles. The second-order valence-corrected chi connectivity index (χ2v) is 4.37.